The number of morpholine rings is 1. The second-order valence-corrected chi connectivity index (χ2v) is 5.77. The molecule has 1 aromatic heterocycles. The van der Waals surface area contributed by atoms with Gasteiger partial charge in [0.15, 0.2) is 0 Å². The van der Waals surface area contributed by atoms with Crippen molar-refractivity contribution in [1.82, 2.24) is 14.7 Å². The number of nitrogens with one attached hydrogen (secondary N) is 1. The van der Waals surface area contributed by atoms with Gasteiger partial charge in [-0.05, 0) is 17.7 Å². The van der Waals surface area contributed by atoms with Gasteiger partial charge in [-0.15, -0.1) is 0 Å². The lowest BCUT2D eigenvalue weighted by Crippen LogP contribution is -2.44. The molecular formula is C17H21FN4O3. The molecule has 1 saturated heterocycles. The minimum atomic E-state index is -0.292. The topological polar surface area (TPSA) is 68.6 Å². The van der Waals surface area contributed by atoms with Crippen LogP contribution in [0.4, 0.5) is 14.9 Å². The van der Waals surface area contributed by atoms with E-state index in [1.54, 1.807) is 41.2 Å². The minimum Gasteiger partial charge on any atom is -0.383 e. The molecular weight excluding hydrogens is 327 g/mol. The van der Waals surface area contributed by atoms with E-state index in [-0.39, 0.29) is 18.0 Å². The molecule has 2 aromatic rings. The fourth-order valence-electron chi connectivity index (χ4n) is 2.65. The molecule has 2 amide bonds. The zero-order valence-corrected chi connectivity index (χ0v) is 14.0. The monoisotopic (exact) mass is 348 g/mol. The molecule has 0 aliphatic carbocycles. The smallest absolute Gasteiger partial charge is 0.322 e. The van der Waals surface area contributed by atoms with Crippen LogP contribution < -0.4 is 5.32 Å². The van der Waals surface area contributed by atoms with E-state index in [9.17, 15) is 9.18 Å². The highest BCUT2D eigenvalue weighted by Crippen LogP contribution is 2.23. The number of nitrogens with zero attached hydrogens (tertiary/aromatic N) is 3. The predicted octanol–water partition coefficient (Wildman–Crippen LogP) is 2.27. The number of carbonyl (C=O) groups excluding carboxylic acids is 1. The first-order valence-corrected chi connectivity index (χ1v) is 8.10. The summed E-state index contributed by atoms with van der Waals surface area (Å²) in [5, 5.41) is 7.00. The predicted molar refractivity (Wildman–Crippen MR) is 89.8 cm³/mol. The Morgan fingerprint density at radius 3 is 3.00 bits per heavy atom. The molecule has 7 nitrogen and oxygen atoms in total. The van der Waals surface area contributed by atoms with Crippen molar-refractivity contribution in [2.75, 3.05) is 38.7 Å². The number of ether oxygens (including phenoxy) is 2. The molecule has 0 saturated carbocycles. The molecule has 1 unspecified atom stereocenters. The molecule has 8 heteroatoms. The lowest BCUT2D eigenvalue weighted by molar-refractivity contribution is -0.0135. The summed E-state index contributed by atoms with van der Waals surface area (Å²) in [6.45, 7) is 2.52. The molecule has 0 spiro atoms. The molecule has 1 aromatic carbocycles. The highest BCUT2D eigenvalue weighted by Gasteiger charge is 2.25. The van der Waals surface area contributed by atoms with E-state index in [0.29, 0.717) is 38.5 Å². The Morgan fingerprint density at radius 1 is 1.44 bits per heavy atom. The van der Waals surface area contributed by atoms with Crippen LogP contribution in [-0.4, -0.2) is 54.1 Å². The van der Waals surface area contributed by atoms with Gasteiger partial charge in [0.05, 0.1) is 38.2 Å². The standard InChI is InChI=1S/C17H21FN4O3/c1-24-8-7-22-11-15(10-19-22)20-17(23)21-6-9-25-16(12-21)13-2-4-14(18)5-3-13/h2-5,10-11,16H,6-9,12H2,1H3,(H,20,23). The Bertz CT molecular complexity index is 704. The van der Waals surface area contributed by atoms with Crippen LogP contribution in [-0.2, 0) is 16.0 Å². The Morgan fingerprint density at radius 2 is 2.24 bits per heavy atom. The molecule has 0 radical (unpaired) electrons. The maximum absolute atomic E-state index is 13.0. The van der Waals surface area contributed by atoms with Gasteiger partial charge in [-0.2, -0.15) is 5.10 Å². The number of carbonyl (C=O) groups is 1. The van der Waals surface area contributed by atoms with Crippen LogP contribution in [0.2, 0.25) is 0 Å². The zero-order chi connectivity index (χ0) is 17.6. The number of aromatic nitrogens is 2. The third-order valence-electron chi connectivity index (χ3n) is 4.00. The number of benzene rings is 1. The number of halogens is 1. The van der Waals surface area contributed by atoms with Crippen molar-refractivity contribution >= 4 is 11.7 Å². The maximum Gasteiger partial charge on any atom is 0.322 e. The first-order chi connectivity index (χ1) is 12.2. The van der Waals surface area contributed by atoms with E-state index in [0.717, 1.165) is 5.56 Å². The number of hydrogen-bond donors (Lipinski definition) is 1. The molecule has 1 fully saturated rings. The van der Waals surface area contributed by atoms with Crippen LogP contribution in [0.1, 0.15) is 11.7 Å². The third-order valence-corrected chi connectivity index (χ3v) is 4.00. The molecule has 1 aliphatic rings. The number of amides is 2. The Balaban J connectivity index is 1.58. The fourth-order valence-corrected chi connectivity index (χ4v) is 2.65. The zero-order valence-electron chi connectivity index (χ0n) is 14.0. The number of anilines is 1. The van der Waals surface area contributed by atoms with Gasteiger partial charge in [0.1, 0.15) is 11.9 Å². The maximum atomic E-state index is 13.0. The van der Waals surface area contributed by atoms with Crippen molar-refractivity contribution < 1.29 is 18.7 Å². The van der Waals surface area contributed by atoms with E-state index in [4.69, 9.17) is 9.47 Å². The molecule has 134 valence electrons. The van der Waals surface area contributed by atoms with E-state index in [1.807, 2.05) is 0 Å². The second-order valence-electron chi connectivity index (χ2n) is 5.77. The van der Waals surface area contributed by atoms with Gasteiger partial charge >= 0.3 is 6.03 Å². The first-order valence-electron chi connectivity index (χ1n) is 8.10. The second kappa shape index (κ2) is 8.09. The summed E-state index contributed by atoms with van der Waals surface area (Å²) >= 11 is 0. The number of urea groups is 1. The van der Waals surface area contributed by atoms with Crippen molar-refractivity contribution in [1.29, 1.82) is 0 Å². The minimum absolute atomic E-state index is 0.207. The van der Waals surface area contributed by atoms with Crippen molar-refractivity contribution in [2.45, 2.75) is 12.6 Å². The van der Waals surface area contributed by atoms with E-state index < -0.39 is 0 Å². The van der Waals surface area contributed by atoms with Gasteiger partial charge in [-0.3, -0.25) is 4.68 Å². The average Bonchev–Trinajstić information content (AvgIpc) is 3.08. The summed E-state index contributed by atoms with van der Waals surface area (Å²) in [6, 6.07) is 5.95. The summed E-state index contributed by atoms with van der Waals surface area (Å²) < 4.78 is 25.5. The van der Waals surface area contributed by atoms with Crippen molar-refractivity contribution in [3.8, 4) is 0 Å². The van der Waals surface area contributed by atoms with Crippen LogP contribution in [0, 0.1) is 5.82 Å². The molecule has 1 N–H and O–H groups in total. The van der Waals surface area contributed by atoms with Gasteiger partial charge in [0.2, 0.25) is 0 Å². The molecule has 3 rings (SSSR count). The normalized spacial score (nSPS) is 17.5. The molecule has 0 bridgehead atoms. The Hall–Kier alpha value is -2.45. The average molecular weight is 348 g/mol. The van der Waals surface area contributed by atoms with Crippen molar-refractivity contribution in [3.05, 3.63) is 48.0 Å². The summed E-state index contributed by atoms with van der Waals surface area (Å²) in [6.07, 6.45) is 3.10. The van der Waals surface area contributed by atoms with Gasteiger partial charge < -0.3 is 19.7 Å². The lowest BCUT2D eigenvalue weighted by Gasteiger charge is -2.33. The quantitative estimate of drug-likeness (QED) is 0.900. The molecule has 1 aliphatic heterocycles. The van der Waals surface area contributed by atoms with Crippen molar-refractivity contribution in [2.24, 2.45) is 0 Å². The SMILES string of the molecule is COCCn1cc(NC(=O)N2CCOC(c3ccc(F)cc3)C2)cn1. The fraction of sp³-hybridized carbons (Fsp3) is 0.412. The van der Waals surface area contributed by atoms with Gasteiger partial charge in [0, 0.05) is 19.9 Å². The largest absolute Gasteiger partial charge is 0.383 e. The number of rotatable bonds is 5. The van der Waals surface area contributed by atoms with E-state index in [2.05, 4.69) is 10.4 Å². The van der Waals surface area contributed by atoms with Crippen LogP contribution in [0.15, 0.2) is 36.7 Å². The number of hydrogen-bond acceptors (Lipinski definition) is 4. The Kier molecular flexibility index (Phi) is 5.62. The number of methoxy groups -OCH3 is 1. The van der Waals surface area contributed by atoms with Gasteiger partial charge in [-0.25, -0.2) is 9.18 Å². The van der Waals surface area contributed by atoms with E-state index >= 15 is 0 Å². The Labute approximate surface area is 145 Å². The van der Waals surface area contributed by atoms with Crippen LogP contribution in [0.5, 0.6) is 0 Å². The van der Waals surface area contributed by atoms with Gasteiger partial charge in [0.25, 0.3) is 0 Å². The van der Waals surface area contributed by atoms with Crippen LogP contribution in [0.25, 0.3) is 0 Å². The third kappa shape index (κ3) is 4.55. The van der Waals surface area contributed by atoms with Crippen LogP contribution in [0.3, 0.4) is 0 Å². The van der Waals surface area contributed by atoms with E-state index in [1.165, 1.54) is 12.1 Å². The highest BCUT2D eigenvalue weighted by atomic mass is 19.1. The van der Waals surface area contributed by atoms with Crippen LogP contribution >= 0.6 is 0 Å². The summed E-state index contributed by atoms with van der Waals surface area (Å²) in [4.78, 5) is 14.1. The lowest BCUT2D eigenvalue weighted by atomic mass is 10.1. The summed E-state index contributed by atoms with van der Waals surface area (Å²) in [5.74, 6) is -0.292. The van der Waals surface area contributed by atoms with Gasteiger partial charge in [-0.1, -0.05) is 12.1 Å². The molecule has 25 heavy (non-hydrogen) atoms. The summed E-state index contributed by atoms with van der Waals surface area (Å²) in [7, 11) is 1.63. The summed E-state index contributed by atoms with van der Waals surface area (Å²) in [5.41, 5.74) is 1.48. The molecule has 1 atom stereocenters. The van der Waals surface area contributed by atoms with Crippen molar-refractivity contribution in [3.63, 3.8) is 0 Å². The highest BCUT2D eigenvalue weighted by molar-refractivity contribution is 5.89. The first kappa shape index (κ1) is 17.4. The molecule has 2 heterocycles.